The van der Waals surface area contributed by atoms with Gasteiger partial charge in [0.05, 0.1) is 125 Å². The van der Waals surface area contributed by atoms with Crippen LogP contribution in [0, 0.1) is 29.2 Å². The van der Waals surface area contributed by atoms with Gasteiger partial charge in [0.1, 0.15) is 63.8 Å². The van der Waals surface area contributed by atoms with E-state index in [0.29, 0.717) is 201 Å². The van der Waals surface area contributed by atoms with Crippen LogP contribution in [0.2, 0.25) is 0 Å². The maximum Gasteiger partial charge on any atom is 0.338 e. The number of morpholine rings is 3. The molecule has 0 unspecified atom stereocenters. The predicted octanol–water partition coefficient (Wildman–Crippen LogP) is 21.2. The van der Waals surface area contributed by atoms with Crippen molar-refractivity contribution in [1.29, 1.82) is 0 Å². The monoisotopic (exact) mass is 1770 g/mol. The molecule has 0 spiro atoms. The second-order valence-electron chi connectivity index (χ2n) is 34.7. The highest BCUT2D eigenvalue weighted by Gasteiger charge is 2.31. The molecule has 0 N–H and O–H groups in total. The summed E-state index contributed by atoms with van der Waals surface area (Å²) in [6.45, 7) is 32.1. The first kappa shape index (κ1) is 92.3. The molecule has 8 heterocycles. The largest absolute Gasteiger partial charge is 0.462 e. The van der Waals surface area contributed by atoms with Crippen LogP contribution in [0.1, 0.15) is 143 Å². The number of fused-ring (bicyclic) bond motifs is 5. The molecule has 23 nitrogen and oxygen atoms in total. The quantitative estimate of drug-likeness (QED) is 0.0439. The van der Waals surface area contributed by atoms with E-state index in [1.807, 2.05) is 89.9 Å². The summed E-state index contributed by atoms with van der Waals surface area (Å²) in [7, 11) is 1.94. The molecule has 28 heteroatoms. The number of rotatable bonds is 18. The van der Waals surface area contributed by atoms with Crippen LogP contribution in [0.15, 0.2) is 205 Å². The molecule has 0 saturated carbocycles. The van der Waals surface area contributed by atoms with Crippen LogP contribution in [0.3, 0.4) is 0 Å². The van der Waals surface area contributed by atoms with Gasteiger partial charge in [-0.1, -0.05) is 76.7 Å². The molecule has 0 aliphatic carbocycles. The Hall–Kier alpha value is -12.9. The Morgan fingerprint density at radius 2 is 0.845 bits per heavy atom. The van der Waals surface area contributed by atoms with Crippen LogP contribution in [-0.4, -0.2) is 170 Å². The standard InChI is InChI=1S/C27H24FN3O3.C25H28FN3O3.C25H26FN3O2S.C24H26FN3O3/c1-18-16-33-14-13-31(18)26-25(20-7-10-22(28)11-8-20)29-23-12-9-21(15-24(23)30-26)27(32)34-17-19-5-3-2-4-6-19;1-16(2)10-12-32-25(30)19-6-9-21-22(14-19)28-24(29-11-13-31-15-17(29)3)23(27-21)18-4-7-20(26)8-5-18;1-14(2)29(6)23-22(21-13-16-11-17(26)8-10-20(16)31-21)27-18-9-7-15(12-19(18)28-23)24(30)32-25(3,4)5;1-15-14-30-12-11-28(15)22-21(16-5-8-18(25)9-6-16)26-19-10-7-17(13-20(19)27-22)23(29)31-24(2,3)4/h2-12,15,18H,13-14,16-17H2,1H3;4-9,14,16-17H,10-13,15H2,1-3H3;7-14H,1-6H3;5-10,13,15H,11-12,14H2,1-4H3/t18-;17-;;15-/m00.0/s1. The number of thioether (sulfide) groups is 1. The number of halogens is 4. The molecule has 17 rings (SSSR count). The zero-order valence-electron chi connectivity index (χ0n) is 74.7. The van der Waals surface area contributed by atoms with Crippen LogP contribution < -0.4 is 19.6 Å². The lowest BCUT2D eigenvalue weighted by Crippen LogP contribution is -2.44. The third-order valence-corrected chi connectivity index (χ3v) is 22.6. The van der Waals surface area contributed by atoms with Gasteiger partial charge < -0.3 is 52.4 Å². The van der Waals surface area contributed by atoms with Gasteiger partial charge >= 0.3 is 17.9 Å². The summed E-state index contributed by atoms with van der Waals surface area (Å²) in [6.07, 6.45) is 0.819. The van der Waals surface area contributed by atoms with Crippen molar-refractivity contribution in [3.05, 3.63) is 251 Å². The van der Waals surface area contributed by atoms with E-state index in [1.54, 1.807) is 115 Å². The van der Waals surface area contributed by atoms with E-state index < -0.39 is 17.5 Å². The number of anilines is 4. The number of aromatic nitrogens is 8. The first-order valence-electron chi connectivity index (χ1n) is 43.1. The van der Waals surface area contributed by atoms with Gasteiger partial charge in [0, 0.05) is 65.1 Å². The molecular formula is C101H104F4N12O11S. The van der Waals surface area contributed by atoms with Crippen LogP contribution in [-0.2, 0) is 35.0 Å². The number of ether oxygens (including phenoxy) is 6. The lowest BCUT2D eigenvalue weighted by atomic mass is 10.1. The summed E-state index contributed by atoms with van der Waals surface area (Å²) >= 11 is 1.29. The summed E-state index contributed by atoms with van der Waals surface area (Å²) < 4.78 is 93.2. The zero-order valence-corrected chi connectivity index (χ0v) is 75.5. The van der Waals surface area contributed by atoms with E-state index in [1.165, 1.54) is 60.3 Å². The van der Waals surface area contributed by atoms with Gasteiger partial charge in [-0.05, 0) is 243 Å². The molecule has 129 heavy (non-hydrogen) atoms. The summed E-state index contributed by atoms with van der Waals surface area (Å²) in [5.41, 5.74) is 12.8. The fourth-order valence-corrected chi connectivity index (χ4v) is 15.4. The maximum atomic E-state index is 13.7. The third-order valence-electron chi connectivity index (χ3n) is 21.6. The first-order chi connectivity index (χ1) is 61.7. The molecule has 0 radical (unpaired) electrons. The van der Waals surface area contributed by atoms with Gasteiger partial charge in [-0.25, -0.2) is 71.8 Å². The van der Waals surface area contributed by atoms with Gasteiger partial charge in [0.15, 0.2) is 29.0 Å². The molecule has 3 saturated heterocycles. The molecule has 0 bridgehead atoms. The number of esters is 3. The van der Waals surface area contributed by atoms with Crippen LogP contribution in [0.25, 0.3) is 100 Å². The normalized spacial score (nSPS) is 15.4. The zero-order chi connectivity index (χ0) is 91.5. The van der Waals surface area contributed by atoms with Crippen molar-refractivity contribution in [2.24, 2.45) is 5.92 Å². The number of carbonyl (C=O) groups is 4. The van der Waals surface area contributed by atoms with Gasteiger partial charge in [0.2, 0.25) is 5.12 Å². The topological polar surface area (TPSA) is 253 Å². The Kier molecular flexibility index (Phi) is 29.1. The fraction of sp³-hybridized carbons (Fsp3) is 0.327. The molecule has 0 amide bonds. The number of furan rings is 1. The Balaban J connectivity index is 0.000000139. The fourth-order valence-electron chi connectivity index (χ4n) is 14.6. The predicted molar refractivity (Wildman–Crippen MR) is 498 cm³/mol. The summed E-state index contributed by atoms with van der Waals surface area (Å²) in [4.78, 5) is 97.8. The van der Waals surface area contributed by atoms with Crippen LogP contribution in [0.5, 0.6) is 0 Å². The van der Waals surface area contributed by atoms with E-state index in [0.717, 1.165) is 28.7 Å². The highest BCUT2D eigenvalue weighted by atomic mass is 32.2. The molecule has 5 aromatic heterocycles. The van der Waals surface area contributed by atoms with Gasteiger partial charge in [-0.2, -0.15) is 0 Å². The summed E-state index contributed by atoms with van der Waals surface area (Å²) in [6, 6.07) is 55.9. The molecule has 3 aliphatic rings. The van der Waals surface area contributed by atoms with Crippen molar-refractivity contribution in [2.75, 3.05) is 92.5 Å². The Bertz CT molecular complexity index is 6380. The average Bonchev–Trinajstić information content (AvgIpc) is 1.40. The highest BCUT2D eigenvalue weighted by Crippen LogP contribution is 2.40. The van der Waals surface area contributed by atoms with Crippen molar-refractivity contribution < 1.29 is 69.6 Å². The van der Waals surface area contributed by atoms with Gasteiger partial charge in [0.25, 0.3) is 0 Å². The average molecular weight is 1770 g/mol. The minimum Gasteiger partial charge on any atom is -0.462 e. The van der Waals surface area contributed by atoms with E-state index in [-0.39, 0.29) is 69.9 Å². The second-order valence-corrected chi connectivity index (χ2v) is 36.5. The van der Waals surface area contributed by atoms with E-state index >= 15 is 0 Å². The van der Waals surface area contributed by atoms with Crippen molar-refractivity contribution in [3.8, 4) is 45.2 Å². The minimum atomic E-state index is -0.585. The number of benzene rings is 9. The molecule has 3 fully saturated rings. The van der Waals surface area contributed by atoms with Crippen LogP contribution in [0.4, 0.5) is 40.8 Å². The maximum absolute atomic E-state index is 13.7. The van der Waals surface area contributed by atoms with Crippen molar-refractivity contribution in [1.82, 2.24) is 39.9 Å². The van der Waals surface area contributed by atoms with Crippen molar-refractivity contribution in [3.63, 3.8) is 0 Å². The Morgan fingerprint density at radius 1 is 0.450 bits per heavy atom. The lowest BCUT2D eigenvalue weighted by molar-refractivity contribution is 0.00688. The second kappa shape index (κ2) is 40.6. The third kappa shape index (κ3) is 23.2. The number of nitrogens with zero attached hydrogens (tertiary/aromatic N) is 12. The molecule has 668 valence electrons. The molecule has 14 aromatic rings. The summed E-state index contributed by atoms with van der Waals surface area (Å²) in [5.74, 6) is 1.28. The number of carbonyl (C=O) groups excluding carboxylic acids is 4. The minimum absolute atomic E-state index is 0.00310. The molecule has 3 aliphatic heterocycles. The lowest BCUT2D eigenvalue weighted by Gasteiger charge is -2.35. The van der Waals surface area contributed by atoms with Gasteiger partial charge in [-0.3, -0.25) is 4.79 Å². The van der Waals surface area contributed by atoms with Crippen molar-refractivity contribution in [2.45, 2.75) is 138 Å². The van der Waals surface area contributed by atoms with Crippen molar-refractivity contribution >= 4 is 113 Å². The molecular weight excluding hydrogens is 1670 g/mol. The van der Waals surface area contributed by atoms with E-state index in [2.05, 4.69) is 63.2 Å². The Morgan fingerprint density at radius 3 is 1.26 bits per heavy atom. The smallest absolute Gasteiger partial charge is 0.338 e. The van der Waals surface area contributed by atoms with Crippen LogP contribution >= 0.6 is 11.8 Å². The SMILES string of the molecule is CC(C)CCOC(=O)c1ccc2nc(-c3ccc(F)cc3)c(N3CCOC[C@@H]3C)nc2c1.CC(C)N(C)c1nc2cc(C(=O)SC(C)(C)C)ccc2nc1-c1cc2cc(F)ccc2o1.C[C@H]1COCCN1c1nc2cc(C(=O)OC(C)(C)C)ccc2nc1-c1ccc(F)cc1.C[C@H]1COCCN1c1nc2cc(C(=O)OCc3ccccc3)ccc2nc1-c1ccc(F)cc1. The van der Waals surface area contributed by atoms with Gasteiger partial charge in [-0.15, -0.1) is 0 Å². The summed E-state index contributed by atoms with van der Waals surface area (Å²) in [5, 5.41) is 0.670. The Labute approximate surface area is 751 Å². The first-order valence-corrected chi connectivity index (χ1v) is 43.9. The molecule has 9 aromatic carbocycles. The molecule has 3 atom stereocenters. The highest BCUT2D eigenvalue weighted by molar-refractivity contribution is 8.15. The number of hydrogen-bond acceptors (Lipinski definition) is 24. The number of hydrogen-bond donors (Lipinski definition) is 0. The van der Waals surface area contributed by atoms with E-state index in [4.69, 9.17) is 72.7 Å². The van der Waals surface area contributed by atoms with E-state index in [9.17, 15) is 36.7 Å².